The maximum atomic E-state index is 14.0. The van der Waals surface area contributed by atoms with Crippen molar-refractivity contribution < 1.29 is 23.9 Å². The number of carbonyl (C=O) groups excluding carboxylic acids is 2. The zero-order valence-corrected chi connectivity index (χ0v) is 26.5. The van der Waals surface area contributed by atoms with E-state index in [0.29, 0.717) is 36.6 Å². The fraction of sp³-hybridized carbons (Fsp3) is 0.343. The molecule has 4 aromatic rings. The Morgan fingerprint density at radius 2 is 1.83 bits per heavy atom. The third-order valence-electron chi connectivity index (χ3n) is 8.28. The smallest absolute Gasteiger partial charge is 0.326 e. The predicted molar refractivity (Wildman–Crippen MR) is 176 cm³/mol. The van der Waals surface area contributed by atoms with Gasteiger partial charge in [-0.1, -0.05) is 31.4 Å². The second-order valence-electron chi connectivity index (χ2n) is 11.4. The van der Waals surface area contributed by atoms with Gasteiger partial charge in [0.05, 0.1) is 30.2 Å². The van der Waals surface area contributed by atoms with Crippen LogP contribution in [-0.2, 0) is 22.7 Å². The number of furan rings is 1. The van der Waals surface area contributed by atoms with E-state index >= 15 is 0 Å². The molecule has 0 radical (unpaired) electrons. The first-order valence-corrected chi connectivity index (χ1v) is 16.8. The van der Waals surface area contributed by atoms with Crippen molar-refractivity contribution in [1.82, 2.24) is 14.9 Å². The number of nitrogens with zero attached hydrogens (tertiary/aromatic N) is 4. The summed E-state index contributed by atoms with van der Waals surface area (Å²) in [7, 11) is 0. The number of benzene rings is 2. The molecule has 2 aromatic heterocycles. The Morgan fingerprint density at radius 1 is 1.09 bits per heavy atom. The van der Waals surface area contributed by atoms with Gasteiger partial charge in [-0.05, 0) is 85.4 Å². The standard InChI is InChI=1S/C35H37N5O5S/c1-46-18-17-30(35(43)44)38-33(41)32-16-15-31(45-32)26-11-13-28(14-12-26)40(34(42)27-5-3-2-4-6-27)22-29-20-37-23-39(29)21-25-9-7-24(19-36)8-10-25/h7-16,20,23,27,30H,2-6,17-18,21-22H2,1H3,(H,38,41)(H,43,44). The minimum absolute atomic E-state index is 0.0270. The molecule has 2 amide bonds. The number of carboxylic acid groups (broad SMARTS) is 1. The van der Waals surface area contributed by atoms with Crippen molar-refractivity contribution in [3.05, 3.63) is 95.8 Å². The van der Waals surface area contributed by atoms with Crippen LogP contribution in [0.4, 0.5) is 5.69 Å². The molecule has 10 nitrogen and oxygen atoms in total. The summed E-state index contributed by atoms with van der Waals surface area (Å²) in [4.78, 5) is 44.4. The van der Waals surface area contributed by atoms with Crippen LogP contribution >= 0.6 is 11.8 Å². The summed E-state index contributed by atoms with van der Waals surface area (Å²) >= 11 is 1.51. The SMILES string of the molecule is CSCCC(NC(=O)c1ccc(-c2ccc(N(Cc3cncn3Cc3ccc(C#N)cc3)C(=O)C3CCCCC3)cc2)o1)C(=O)O. The van der Waals surface area contributed by atoms with Crippen LogP contribution in [-0.4, -0.2) is 50.5 Å². The number of imidazole rings is 1. The highest BCUT2D eigenvalue weighted by molar-refractivity contribution is 7.98. The van der Waals surface area contributed by atoms with Crippen molar-refractivity contribution in [2.24, 2.45) is 5.92 Å². The molecule has 0 bridgehead atoms. The van der Waals surface area contributed by atoms with E-state index in [1.54, 1.807) is 30.7 Å². The van der Waals surface area contributed by atoms with Gasteiger partial charge >= 0.3 is 5.97 Å². The molecule has 46 heavy (non-hydrogen) atoms. The van der Waals surface area contributed by atoms with E-state index in [4.69, 9.17) is 9.68 Å². The normalized spacial score (nSPS) is 13.9. The molecule has 0 spiro atoms. The van der Waals surface area contributed by atoms with Crippen molar-refractivity contribution in [1.29, 1.82) is 5.26 Å². The summed E-state index contributed by atoms with van der Waals surface area (Å²) in [6, 6.07) is 19.2. The van der Waals surface area contributed by atoms with Crippen LogP contribution in [0.3, 0.4) is 0 Å². The number of aromatic nitrogens is 2. The monoisotopic (exact) mass is 639 g/mol. The van der Waals surface area contributed by atoms with Gasteiger partial charge < -0.3 is 24.3 Å². The van der Waals surface area contributed by atoms with E-state index in [2.05, 4.69) is 16.4 Å². The Balaban J connectivity index is 1.34. The Bertz CT molecular complexity index is 1680. The van der Waals surface area contributed by atoms with E-state index in [-0.39, 0.29) is 17.6 Å². The lowest BCUT2D eigenvalue weighted by Crippen LogP contribution is -2.41. The molecule has 1 saturated carbocycles. The van der Waals surface area contributed by atoms with E-state index < -0.39 is 17.9 Å². The van der Waals surface area contributed by atoms with Crippen LogP contribution in [0, 0.1) is 17.2 Å². The zero-order valence-electron chi connectivity index (χ0n) is 25.7. The maximum Gasteiger partial charge on any atom is 0.326 e. The van der Waals surface area contributed by atoms with Crippen molar-refractivity contribution in [2.45, 2.75) is 57.7 Å². The van der Waals surface area contributed by atoms with Gasteiger partial charge in [-0.2, -0.15) is 17.0 Å². The highest BCUT2D eigenvalue weighted by Gasteiger charge is 2.28. The lowest BCUT2D eigenvalue weighted by Gasteiger charge is -2.30. The van der Waals surface area contributed by atoms with Crippen molar-refractivity contribution >= 4 is 35.2 Å². The Kier molecular flexibility index (Phi) is 10.9. The van der Waals surface area contributed by atoms with Crippen LogP contribution in [0.15, 0.2) is 77.6 Å². The van der Waals surface area contributed by atoms with E-state index in [1.165, 1.54) is 17.8 Å². The van der Waals surface area contributed by atoms with Crippen LogP contribution in [0.2, 0.25) is 0 Å². The molecule has 0 saturated heterocycles. The molecule has 5 rings (SSSR count). The van der Waals surface area contributed by atoms with Crippen LogP contribution < -0.4 is 10.2 Å². The summed E-state index contributed by atoms with van der Waals surface area (Å²) in [6.07, 6.45) is 10.7. The average molecular weight is 640 g/mol. The predicted octanol–water partition coefficient (Wildman–Crippen LogP) is 6.11. The number of hydrogen-bond acceptors (Lipinski definition) is 7. The molecule has 1 aliphatic carbocycles. The fourth-order valence-corrected chi connectivity index (χ4v) is 6.15. The molecule has 11 heteroatoms. The Hall–Kier alpha value is -4.82. The number of carboxylic acids is 1. The van der Waals surface area contributed by atoms with E-state index in [0.717, 1.165) is 54.6 Å². The van der Waals surface area contributed by atoms with Gasteiger partial charge in [-0.25, -0.2) is 9.78 Å². The van der Waals surface area contributed by atoms with Crippen LogP contribution in [0.25, 0.3) is 11.3 Å². The largest absolute Gasteiger partial charge is 0.480 e. The molecule has 1 aliphatic rings. The van der Waals surface area contributed by atoms with Gasteiger partial charge in [0.15, 0.2) is 5.76 Å². The maximum absolute atomic E-state index is 14.0. The van der Waals surface area contributed by atoms with E-state index in [9.17, 15) is 19.5 Å². The highest BCUT2D eigenvalue weighted by Crippen LogP contribution is 2.31. The second-order valence-corrected chi connectivity index (χ2v) is 12.4. The summed E-state index contributed by atoms with van der Waals surface area (Å²) in [6.45, 7) is 0.905. The third-order valence-corrected chi connectivity index (χ3v) is 8.93. The van der Waals surface area contributed by atoms with Gasteiger partial charge in [-0.15, -0.1) is 0 Å². The first-order valence-electron chi connectivity index (χ1n) is 15.4. The Morgan fingerprint density at radius 3 is 2.50 bits per heavy atom. The molecule has 2 heterocycles. The number of rotatable bonds is 13. The van der Waals surface area contributed by atoms with Crippen LogP contribution in [0.5, 0.6) is 0 Å². The van der Waals surface area contributed by atoms with Gasteiger partial charge in [0.2, 0.25) is 5.91 Å². The Labute approximate surface area is 272 Å². The van der Waals surface area contributed by atoms with Crippen molar-refractivity contribution in [3.8, 4) is 17.4 Å². The number of anilines is 1. The van der Waals surface area contributed by atoms with E-state index in [1.807, 2.05) is 52.1 Å². The molecule has 2 N–H and O–H groups in total. The number of thioether (sulfide) groups is 1. The zero-order chi connectivity index (χ0) is 32.5. The number of nitriles is 1. The second kappa shape index (κ2) is 15.5. The molecule has 238 valence electrons. The molecular formula is C35H37N5O5S. The summed E-state index contributed by atoms with van der Waals surface area (Å²) in [5, 5.41) is 21.1. The molecule has 0 aliphatic heterocycles. The molecule has 1 atom stereocenters. The summed E-state index contributed by atoms with van der Waals surface area (Å²) in [5.41, 5.74) is 3.97. The minimum atomic E-state index is -1.09. The van der Waals surface area contributed by atoms with Gasteiger partial charge in [0, 0.05) is 29.9 Å². The van der Waals surface area contributed by atoms with Gasteiger partial charge in [-0.3, -0.25) is 9.59 Å². The number of aliphatic carboxylic acids is 1. The first kappa shape index (κ1) is 32.6. The van der Waals surface area contributed by atoms with Crippen LogP contribution in [0.1, 0.15) is 65.9 Å². The first-order chi connectivity index (χ1) is 22.4. The number of carbonyl (C=O) groups is 3. The quantitative estimate of drug-likeness (QED) is 0.178. The number of nitrogens with one attached hydrogen (secondary N) is 1. The molecule has 1 unspecified atom stereocenters. The summed E-state index contributed by atoms with van der Waals surface area (Å²) < 4.78 is 7.83. The average Bonchev–Trinajstić information content (AvgIpc) is 3.76. The fourth-order valence-electron chi connectivity index (χ4n) is 5.68. The number of amides is 2. The van der Waals surface area contributed by atoms with Gasteiger partial charge in [0.1, 0.15) is 11.8 Å². The summed E-state index contributed by atoms with van der Waals surface area (Å²) in [5.74, 6) is -0.540. The molecule has 1 fully saturated rings. The highest BCUT2D eigenvalue weighted by atomic mass is 32.2. The molecule has 2 aromatic carbocycles. The lowest BCUT2D eigenvalue weighted by atomic mass is 9.88. The topological polar surface area (TPSA) is 141 Å². The minimum Gasteiger partial charge on any atom is -0.480 e. The lowest BCUT2D eigenvalue weighted by molar-refractivity contribution is -0.139. The van der Waals surface area contributed by atoms with Crippen molar-refractivity contribution in [3.63, 3.8) is 0 Å². The molecular weight excluding hydrogens is 602 g/mol. The van der Waals surface area contributed by atoms with Crippen molar-refractivity contribution in [2.75, 3.05) is 16.9 Å². The third kappa shape index (κ3) is 8.06. The number of hydrogen-bond donors (Lipinski definition) is 2. The van der Waals surface area contributed by atoms with Gasteiger partial charge in [0.25, 0.3) is 5.91 Å².